The summed E-state index contributed by atoms with van der Waals surface area (Å²) in [4.78, 5) is 0. The van der Waals surface area contributed by atoms with E-state index in [1.54, 1.807) is 5.32 Å². The van der Waals surface area contributed by atoms with E-state index in [0.717, 1.165) is 19.3 Å². The molecule has 0 radical (unpaired) electrons. The van der Waals surface area contributed by atoms with E-state index in [-0.39, 0.29) is 18.4 Å². The van der Waals surface area contributed by atoms with Gasteiger partial charge in [-0.15, -0.1) is 12.4 Å². The van der Waals surface area contributed by atoms with Crippen LogP contribution in [0.15, 0.2) is 0 Å². The number of halogens is 4. The zero-order valence-electron chi connectivity index (χ0n) is 6.66. The second kappa shape index (κ2) is 4.92. The fraction of sp³-hybridized carbons (Fsp3) is 1.00. The standard InChI is InChI=1S/C7H12F3N.ClH/c8-7(9,10)11-6-4-2-1-3-5-6;/h6,11H,1-5H2;1H. The van der Waals surface area contributed by atoms with Crippen molar-refractivity contribution in [3.63, 3.8) is 0 Å². The zero-order chi connectivity index (χ0) is 8.32. The van der Waals surface area contributed by atoms with E-state index < -0.39 is 6.30 Å². The van der Waals surface area contributed by atoms with Crippen molar-refractivity contribution in [1.29, 1.82) is 0 Å². The van der Waals surface area contributed by atoms with Crippen molar-refractivity contribution in [3.8, 4) is 0 Å². The summed E-state index contributed by atoms with van der Waals surface area (Å²) in [5.74, 6) is 0. The molecular weight excluding hydrogens is 191 g/mol. The van der Waals surface area contributed by atoms with Gasteiger partial charge in [0.1, 0.15) is 0 Å². The summed E-state index contributed by atoms with van der Waals surface area (Å²) in [7, 11) is 0. The topological polar surface area (TPSA) is 12.0 Å². The Morgan fingerprint density at radius 2 is 1.50 bits per heavy atom. The fourth-order valence-electron chi connectivity index (χ4n) is 1.48. The third-order valence-electron chi connectivity index (χ3n) is 1.97. The van der Waals surface area contributed by atoms with Crippen LogP contribution in [0.2, 0.25) is 0 Å². The first-order valence-electron chi connectivity index (χ1n) is 3.92. The predicted molar refractivity (Wildman–Crippen MR) is 43.3 cm³/mol. The lowest BCUT2D eigenvalue weighted by molar-refractivity contribution is -0.165. The number of alkyl halides is 3. The van der Waals surface area contributed by atoms with Gasteiger partial charge in [0, 0.05) is 6.04 Å². The molecular formula is C7H13ClF3N. The van der Waals surface area contributed by atoms with E-state index in [1.807, 2.05) is 0 Å². The van der Waals surface area contributed by atoms with E-state index >= 15 is 0 Å². The van der Waals surface area contributed by atoms with Gasteiger partial charge in [0.25, 0.3) is 0 Å². The molecule has 0 unspecified atom stereocenters. The van der Waals surface area contributed by atoms with Crippen molar-refractivity contribution in [2.24, 2.45) is 0 Å². The maximum atomic E-state index is 11.7. The third kappa shape index (κ3) is 4.83. The minimum absolute atomic E-state index is 0. The predicted octanol–water partition coefficient (Wildman–Crippen LogP) is 2.85. The average molecular weight is 204 g/mol. The normalized spacial score (nSPS) is 20.2. The van der Waals surface area contributed by atoms with Gasteiger partial charge < -0.3 is 0 Å². The van der Waals surface area contributed by atoms with Crippen LogP contribution < -0.4 is 5.32 Å². The van der Waals surface area contributed by atoms with Crippen LogP contribution in [0.4, 0.5) is 13.2 Å². The SMILES string of the molecule is Cl.FC(F)(F)NC1CCCCC1. The molecule has 1 saturated carbocycles. The molecule has 0 aromatic rings. The second-order valence-corrected chi connectivity index (χ2v) is 2.98. The highest BCUT2D eigenvalue weighted by Crippen LogP contribution is 2.21. The lowest BCUT2D eigenvalue weighted by Crippen LogP contribution is -2.41. The molecule has 74 valence electrons. The van der Waals surface area contributed by atoms with Crippen LogP contribution in [-0.4, -0.2) is 12.3 Å². The molecule has 0 spiro atoms. The molecule has 0 aliphatic heterocycles. The Morgan fingerprint density at radius 3 is 1.92 bits per heavy atom. The van der Waals surface area contributed by atoms with Crippen molar-refractivity contribution in [3.05, 3.63) is 0 Å². The molecule has 1 nitrogen and oxygen atoms in total. The van der Waals surface area contributed by atoms with Crippen molar-refractivity contribution in [2.45, 2.75) is 44.4 Å². The monoisotopic (exact) mass is 203 g/mol. The Kier molecular flexibility index (Phi) is 4.94. The number of hydrogen-bond acceptors (Lipinski definition) is 1. The summed E-state index contributed by atoms with van der Waals surface area (Å²) >= 11 is 0. The largest absolute Gasteiger partial charge is 0.457 e. The highest BCUT2D eigenvalue weighted by Gasteiger charge is 2.31. The Bertz CT molecular complexity index is 120. The summed E-state index contributed by atoms with van der Waals surface area (Å²) in [5.41, 5.74) is 0. The van der Waals surface area contributed by atoms with Crippen molar-refractivity contribution >= 4 is 12.4 Å². The van der Waals surface area contributed by atoms with Gasteiger partial charge in [-0.2, -0.15) is 13.2 Å². The molecule has 1 N–H and O–H groups in total. The van der Waals surface area contributed by atoms with Crippen LogP contribution in [0.5, 0.6) is 0 Å². The van der Waals surface area contributed by atoms with Crippen LogP contribution in [-0.2, 0) is 0 Å². The summed E-state index contributed by atoms with van der Waals surface area (Å²) in [5, 5.41) is 1.66. The van der Waals surface area contributed by atoms with Gasteiger partial charge in [0.2, 0.25) is 0 Å². The Hall–Kier alpha value is 0.0400. The molecule has 5 heteroatoms. The van der Waals surface area contributed by atoms with Gasteiger partial charge in [0.15, 0.2) is 0 Å². The second-order valence-electron chi connectivity index (χ2n) is 2.98. The van der Waals surface area contributed by atoms with Crippen LogP contribution in [0, 0.1) is 0 Å². The van der Waals surface area contributed by atoms with E-state index in [0.29, 0.717) is 12.8 Å². The maximum absolute atomic E-state index is 11.7. The Labute approximate surface area is 76.1 Å². The molecule has 1 rings (SSSR count). The van der Waals surface area contributed by atoms with Gasteiger partial charge in [-0.1, -0.05) is 19.3 Å². The van der Waals surface area contributed by atoms with Gasteiger partial charge in [-0.25, -0.2) is 5.32 Å². The van der Waals surface area contributed by atoms with Crippen LogP contribution in [0.3, 0.4) is 0 Å². The molecule has 0 bridgehead atoms. The fourth-order valence-corrected chi connectivity index (χ4v) is 1.48. The molecule has 0 aromatic carbocycles. The molecule has 0 atom stereocenters. The van der Waals surface area contributed by atoms with Gasteiger partial charge in [-0.05, 0) is 12.8 Å². The molecule has 1 aliphatic rings. The molecule has 0 saturated heterocycles. The molecule has 0 amide bonds. The average Bonchev–Trinajstić information content (AvgIpc) is 1.85. The number of nitrogens with one attached hydrogen (secondary N) is 1. The van der Waals surface area contributed by atoms with Crippen molar-refractivity contribution in [1.82, 2.24) is 5.32 Å². The van der Waals surface area contributed by atoms with E-state index in [9.17, 15) is 13.2 Å². The van der Waals surface area contributed by atoms with E-state index in [4.69, 9.17) is 0 Å². The molecule has 12 heavy (non-hydrogen) atoms. The van der Waals surface area contributed by atoms with Gasteiger partial charge >= 0.3 is 6.30 Å². The van der Waals surface area contributed by atoms with E-state index in [1.165, 1.54) is 0 Å². The first-order valence-corrected chi connectivity index (χ1v) is 3.92. The highest BCUT2D eigenvalue weighted by atomic mass is 35.5. The summed E-state index contributed by atoms with van der Waals surface area (Å²) in [6.07, 6.45) is 0.0680. The minimum Gasteiger partial charge on any atom is -0.225 e. The summed E-state index contributed by atoms with van der Waals surface area (Å²) < 4.78 is 35.2. The van der Waals surface area contributed by atoms with Crippen LogP contribution in [0.25, 0.3) is 0 Å². The number of rotatable bonds is 1. The van der Waals surface area contributed by atoms with Gasteiger partial charge in [0.05, 0.1) is 0 Å². The molecule has 0 heterocycles. The summed E-state index contributed by atoms with van der Waals surface area (Å²) in [6, 6.07) is -0.330. The lowest BCUT2D eigenvalue weighted by atomic mass is 9.96. The smallest absolute Gasteiger partial charge is 0.225 e. The van der Waals surface area contributed by atoms with Crippen LogP contribution in [0.1, 0.15) is 32.1 Å². The Morgan fingerprint density at radius 1 is 1.00 bits per heavy atom. The van der Waals surface area contributed by atoms with Crippen molar-refractivity contribution < 1.29 is 13.2 Å². The Balaban J connectivity index is 0.00000121. The maximum Gasteiger partial charge on any atom is 0.457 e. The summed E-state index contributed by atoms with van der Waals surface area (Å²) in [6.45, 7) is 0. The minimum atomic E-state index is -4.19. The zero-order valence-corrected chi connectivity index (χ0v) is 7.47. The highest BCUT2D eigenvalue weighted by molar-refractivity contribution is 5.85. The molecule has 1 aliphatic carbocycles. The van der Waals surface area contributed by atoms with Crippen LogP contribution >= 0.6 is 12.4 Å². The van der Waals surface area contributed by atoms with Gasteiger partial charge in [-0.3, -0.25) is 0 Å². The van der Waals surface area contributed by atoms with Crippen molar-refractivity contribution in [2.75, 3.05) is 0 Å². The molecule has 1 fully saturated rings. The number of hydrogen-bond donors (Lipinski definition) is 1. The lowest BCUT2D eigenvalue weighted by Gasteiger charge is -2.23. The third-order valence-corrected chi connectivity index (χ3v) is 1.97. The molecule has 0 aromatic heterocycles. The van der Waals surface area contributed by atoms with E-state index in [2.05, 4.69) is 0 Å². The first-order chi connectivity index (χ1) is 5.08. The quantitative estimate of drug-likeness (QED) is 0.647. The first kappa shape index (κ1) is 12.0.